The Morgan fingerprint density at radius 1 is 1.07 bits per heavy atom. The molecule has 0 unspecified atom stereocenters. The Kier molecular flexibility index (Phi) is 7.13. The van der Waals surface area contributed by atoms with Crippen LogP contribution in [0, 0.1) is 0 Å². The highest BCUT2D eigenvalue weighted by atomic mass is 35.5. The molecular formula is C21H19ClN2O2S. The van der Waals surface area contributed by atoms with Gasteiger partial charge in [0.1, 0.15) is 12.4 Å². The summed E-state index contributed by atoms with van der Waals surface area (Å²) in [5, 5.41) is 3.61. The number of benzene rings is 2. The molecule has 0 spiro atoms. The van der Waals surface area contributed by atoms with Crippen molar-refractivity contribution in [1.29, 1.82) is 0 Å². The van der Waals surface area contributed by atoms with Gasteiger partial charge in [-0.2, -0.15) is 0 Å². The second-order valence-corrected chi connectivity index (χ2v) is 7.23. The van der Waals surface area contributed by atoms with E-state index in [-0.39, 0.29) is 5.91 Å². The lowest BCUT2D eigenvalue weighted by molar-refractivity contribution is -0.113. The molecule has 3 aromatic rings. The molecule has 0 bridgehead atoms. The summed E-state index contributed by atoms with van der Waals surface area (Å²) in [5.74, 6) is 1.74. The number of thioether (sulfide) groups is 1. The lowest BCUT2D eigenvalue weighted by atomic mass is 10.2. The molecule has 0 saturated carbocycles. The highest BCUT2D eigenvalue weighted by Gasteiger charge is 2.05. The van der Waals surface area contributed by atoms with E-state index >= 15 is 0 Å². The second kappa shape index (κ2) is 10.00. The number of rotatable bonds is 8. The van der Waals surface area contributed by atoms with Crippen LogP contribution in [0.2, 0.25) is 5.02 Å². The highest BCUT2D eigenvalue weighted by Crippen LogP contribution is 2.20. The number of carbonyl (C=O) groups excluding carboxylic acids is 1. The molecule has 1 heterocycles. The Morgan fingerprint density at radius 3 is 2.78 bits per heavy atom. The maximum Gasteiger partial charge on any atom is 0.234 e. The fourth-order valence-electron chi connectivity index (χ4n) is 2.39. The second-order valence-electron chi connectivity index (χ2n) is 5.81. The molecule has 3 rings (SSSR count). The molecule has 1 aromatic heterocycles. The lowest BCUT2D eigenvalue weighted by Gasteiger charge is -2.09. The van der Waals surface area contributed by atoms with E-state index in [1.54, 1.807) is 18.0 Å². The lowest BCUT2D eigenvalue weighted by Crippen LogP contribution is -2.14. The zero-order chi connectivity index (χ0) is 18.9. The molecule has 1 N–H and O–H groups in total. The molecule has 0 radical (unpaired) electrons. The van der Waals surface area contributed by atoms with Gasteiger partial charge in [-0.1, -0.05) is 35.9 Å². The molecule has 0 saturated heterocycles. The van der Waals surface area contributed by atoms with E-state index < -0.39 is 0 Å². The first-order valence-electron chi connectivity index (χ1n) is 8.44. The number of carbonyl (C=O) groups is 1. The Labute approximate surface area is 167 Å². The maximum atomic E-state index is 12.2. The Hall–Kier alpha value is -2.50. The van der Waals surface area contributed by atoms with Crippen molar-refractivity contribution in [2.75, 3.05) is 11.1 Å². The predicted octanol–water partition coefficient (Wildman–Crippen LogP) is 5.19. The van der Waals surface area contributed by atoms with E-state index in [0.29, 0.717) is 28.8 Å². The minimum absolute atomic E-state index is 0.0519. The largest absolute Gasteiger partial charge is 0.487 e. The normalized spacial score (nSPS) is 10.4. The van der Waals surface area contributed by atoms with Crippen molar-refractivity contribution < 1.29 is 9.53 Å². The summed E-state index contributed by atoms with van der Waals surface area (Å²) >= 11 is 7.51. The van der Waals surface area contributed by atoms with Crippen LogP contribution in [0.4, 0.5) is 5.69 Å². The van der Waals surface area contributed by atoms with Crippen LogP contribution in [0.5, 0.6) is 5.75 Å². The van der Waals surface area contributed by atoms with Gasteiger partial charge in [-0.3, -0.25) is 9.78 Å². The first kappa shape index (κ1) is 19.3. The molecule has 6 heteroatoms. The molecule has 0 aliphatic carbocycles. The third-order valence-corrected chi connectivity index (χ3v) is 4.86. The third-order valence-electron chi connectivity index (χ3n) is 3.62. The maximum absolute atomic E-state index is 12.2. The predicted molar refractivity (Wildman–Crippen MR) is 111 cm³/mol. The van der Waals surface area contributed by atoms with Gasteiger partial charge in [0.15, 0.2) is 0 Å². The molecule has 2 aromatic carbocycles. The number of hydrogen-bond donors (Lipinski definition) is 1. The summed E-state index contributed by atoms with van der Waals surface area (Å²) in [6, 6.07) is 20.7. The van der Waals surface area contributed by atoms with Gasteiger partial charge in [-0.05, 0) is 42.0 Å². The first-order chi connectivity index (χ1) is 13.2. The van der Waals surface area contributed by atoms with Gasteiger partial charge in [0.2, 0.25) is 5.91 Å². The molecule has 1 amide bonds. The zero-order valence-corrected chi connectivity index (χ0v) is 16.2. The summed E-state index contributed by atoms with van der Waals surface area (Å²) in [6.07, 6.45) is 1.73. The van der Waals surface area contributed by atoms with E-state index in [2.05, 4.69) is 10.3 Å². The number of ether oxygens (including phenoxy) is 1. The van der Waals surface area contributed by atoms with E-state index in [1.165, 1.54) is 0 Å². The number of pyridine rings is 1. The number of amides is 1. The molecule has 0 aliphatic rings. The van der Waals surface area contributed by atoms with Gasteiger partial charge < -0.3 is 10.1 Å². The van der Waals surface area contributed by atoms with Gasteiger partial charge in [0.05, 0.1) is 11.4 Å². The van der Waals surface area contributed by atoms with E-state index in [1.807, 2.05) is 66.7 Å². The number of anilines is 1. The summed E-state index contributed by atoms with van der Waals surface area (Å²) in [7, 11) is 0. The molecule has 0 atom stereocenters. The van der Waals surface area contributed by atoms with Gasteiger partial charge >= 0.3 is 0 Å². The van der Waals surface area contributed by atoms with Crippen molar-refractivity contribution in [1.82, 2.24) is 4.98 Å². The number of halogens is 1. The van der Waals surface area contributed by atoms with Crippen molar-refractivity contribution in [3.8, 4) is 5.75 Å². The average molecular weight is 399 g/mol. The zero-order valence-electron chi connectivity index (χ0n) is 14.6. The Morgan fingerprint density at radius 2 is 1.96 bits per heavy atom. The van der Waals surface area contributed by atoms with Gasteiger partial charge in [-0.15, -0.1) is 11.8 Å². The fourth-order valence-corrected chi connectivity index (χ4v) is 3.38. The first-order valence-corrected chi connectivity index (χ1v) is 9.97. The van der Waals surface area contributed by atoms with E-state index in [4.69, 9.17) is 16.3 Å². The van der Waals surface area contributed by atoms with Crippen molar-refractivity contribution in [2.24, 2.45) is 0 Å². The topological polar surface area (TPSA) is 51.2 Å². The minimum Gasteiger partial charge on any atom is -0.487 e. The number of hydrogen-bond acceptors (Lipinski definition) is 4. The monoisotopic (exact) mass is 398 g/mol. The molecule has 0 aliphatic heterocycles. The smallest absolute Gasteiger partial charge is 0.234 e. The van der Waals surface area contributed by atoms with Crippen LogP contribution in [0.25, 0.3) is 0 Å². The molecule has 27 heavy (non-hydrogen) atoms. The number of nitrogens with one attached hydrogen (secondary N) is 1. The van der Waals surface area contributed by atoms with Crippen LogP contribution < -0.4 is 10.1 Å². The van der Waals surface area contributed by atoms with Crippen molar-refractivity contribution >= 4 is 35.0 Å². The van der Waals surface area contributed by atoms with Crippen LogP contribution >= 0.6 is 23.4 Å². The molecule has 4 nitrogen and oxygen atoms in total. The minimum atomic E-state index is -0.0519. The molecule has 138 valence electrons. The summed E-state index contributed by atoms with van der Waals surface area (Å²) in [4.78, 5) is 16.4. The quantitative estimate of drug-likeness (QED) is 0.567. The van der Waals surface area contributed by atoms with Gasteiger partial charge in [0.25, 0.3) is 0 Å². The summed E-state index contributed by atoms with van der Waals surface area (Å²) < 4.78 is 5.73. The number of nitrogens with zero attached hydrogens (tertiary/aromatic N) is 1. The molecular weight excluding hydrogens is 380 g/mol. The summed E-state index contributed by atoms with van der Waals surface area (Å²) in [5.41, 5.74) is 2.66. The fraction of sp³-hybridized carbons (Fsp3) is 0.143. The SMILES string of the molecule is O=C(CSCc1cccc(Cl)c1)Nc1cccc(OCc2ccccn2)c1. The standard InChI is InChI=1S/C21H19ClN2O2S/c22-17-6-3-5-16(11-17)14-27-15-21(25)24-18-8-4-9-20(12-18)26-13-19-7-1-2-10-23-19/h1-12H,13-15H2,(H,24,25). The van der Waals surface area contributed by atoms with E-state index in [0.717, 1.165) is 17.0 Å². The Bertz CT molecular complexity index is 890. The van der Waals surface area contributed by atoms with Crippen LogP contribution in [0.3, 0.4) is 0 Å². The summed E-state index contributed by atoms with van der Waals surface area (Å²) in [6.45, 7) is 0.383. The van der Waals surface area contributed by atoms with Gasteiger partial charge in [-0.25, -0.2) is 0 Å². The van der Waals surface area contributed by atoms with E-state index in [9.17, 15) is 4.79 Å². The molecule has 0 fully saturated rings. The average Bonchev–Trinajstić information content (AvgIpc) is 2.68. The van der Waals surface area contributed by atoms with Crippen molar-refractivity contribution in [3.63, 3.8) is 0 Å². The van der Waals surface area contributed by atoms with Crippen LogP contribution in [-0.2, 0) is 17.2 Å². The van der Waals surface area contributed by atoms with Crippen LogP contribution in [0.15, 0.2) is 72.9 Å². The third kappa shape index (κ3) is 6.62. The number of aromatic nitrogens is 1. The van der Waals surface area contributed by atoms with Gasteiger partial charge in [0, 0.05) is 28.7 Å². The van der Waals surface area contributed by atoms with Crippen molar-refractivity contribution in [3.05, 3.63) is 89.2 Å². The highest BCUT2D eigenvalue weighted by molar-refractivity contribution is 7.99. The van der Waals surface area contributed by atoms with Crippen molar-refractivity contribution in [2.45, 2.75) is 12.4 Å². The van der Waals surface area contributed by atoms with Crippen LogP contribution in [0.1, 0.15) is 11.3 Å². The Balaban J connectivity index is 1.46. The van der Waals surface area contributed by atoms with Crippen LogP contribution in [-0.4, -0.2) is 16.6 Å².